The first-order valence-corrected chi connectivity index (χ1v) is 9.29. The fraction of sp³-hybridized carbons (Fsp3) is 0.222. The van der Waals surface area contributed by atoms with Crippen LogP contribution in [0.25, 0.3) is 15.9 Å². The molecule has 0 spiro atoms. The summed E-state index contributed by atoms with van der Waals surface area (Å²) in [6.45, 7) is 4.03. The van der Waals surface area contributed by atoms with Crippen LogP contribution in [0.2, 0.25) is 0 Å². The number of aromatic amines is 1. The highest BCUT2D eigenvalue weighted by atomic mass is 32.1. The molecule has 1 unspecified atom stereocenters. The number of nitrogens with zero attached hydrogens (tertiary/aromatic N) is 3. The molecular formula is C18H18N5O2S+. The first kappa shape index (κ1) is 16.6. The number of para-hydroxylation sites is 1. The largest absolute Gasteiger partial charge is 0.324 e. The predicted octanol–water partition coefficient (Wildman–Crippen LogP) is 0.597. The van der Waals surface area contributed by atoms with E-state index in [-0.39, 0.29) is 11.1 Å². The summed E-state index contributed by atoms with van der Waals surface area (Å²) in [5, 5.41) is 2.44. The molecule has 0 aliphatic heterocycles. The van der Waals surface area contributed by atoms with Crippen LogP contribution < -0.4 is 16.0 Å². The fourth-order valence-corrected chi connectivity index (χ4v) is 3.74. The lowest BCUT2D eigenvalue weighted by molar-refractivity contribution is -0.926. The average Bonchev–Trinajstić information content (AvgIpc) is 3.10. The summed E-state index contributed by atoms with van der Waals surface area (Å²) < 4.78 is 1.54. The molecule has 3 heterocycles. The van der Waals surface area contributed by atoms with Crippen LogP contribution in [-0.2, 0) is 13.1 Å². The minimum Gasteiger partial charge on any atom is -0.324 e. The molecule has 8 heteroatoms. The van der Waals surface area contributed by atoms with Crippen molar-refractivity contribution < 1.29 is 4.90 Å². The van der Waals surface area contributed by atoms with E-state index in [1.165, 1.54) is 11.3 Å². The third-order valence-corrected chi connectivity index (χ3v) is 5.12. The molecule has 0 amide bonds. The molecule has 0 aliphatic carbocycles. The Balaban J connectivity index is 1.61. The molecule has 26 heavy (non-hydrogen) atoms. The van der Waals surface area contributed by atoms with Gasteiger partial charge in [-0.3, -0.25) is 14.0 Å². The highest BCUT2D eigenvalue weighted by Crippen LogP contribution is 2.07. The maximum atomic E-state index is 12.2. The van der Waals surface area contributed by atoms with Crippen molar-refractivity contribution in [1.29, 1.82) is 0 Å². The first-order valence-electron chi connectivity index (χ1n) is 8.41. The second-order valence-electron chi connectivity index (χ2n) is 6.13. The van der Waals surface area contributed by atoms with Crippen molar-refractivity contribution in [3.63, 3.8) is 0 Å². The normalized spacial score (nSPS) is 12.7. The summed E-state index contributed by atoms with van der Waals surface area (Å²) in [6.07, 6.45) is 1.73. The van der Waals surface area contributed by atoms with Gasteiger partial charge in [0.15, 0.2) is 10.8 Å². The van der Waals surface area contributed by atoms with Gasteiger partial charge < -0.3 is 9.88 Å². The van der Waals surface area contributed by atoms with Gasteiger partial charge in [0.05, 0.1) is 17.4 Å². The van der Waals surface area contributed by atoms with E-state index < -0.39 is 0 Å². The van der Waals surface area contributed by atoms with E-state index >= 15 is 0 Å². The quantitative estimate of drug-likeness (QED) is 0.540. The van der Waals surface area contributed by atoms with Gasteiger partial charge in [-0.2, -0.15) is 0 Å². The molecule has 0 aliphatic rings. The minimum absolute atomic E-state index is 0.0704. The highest BCUT2D eigenvalue weighted by Gasteiger charge is 2.14. The maximum absolute atomic E-state index is 12.2. The first-order chi connectivity index (χ1) is 12.6. The Morgan fingerprint density at radius 3 is 2.88 bits per heavy atom. The topological polar surface area (TPSA) is 84.6 Å². The Morgan fingerprint density at radius 1 is 1.19 bits per heavy atom. The van der Waals surface area contributed by atoms with Gasteiger partial charge in [-0.15, -0.1) is 11.3 Å². The van der Waals surface area contributed by atoms with Gasteiger partial charge in [-0.25, -0.2) is 9.97 Å². The molecule has 1 aromatic carbocycles. The van der Waals surface area contributed by atoms with Crippen LogP contribution in [0.3, 0.4) is 0 Å². The highest BCUT2D eigenvalue weighted by molar-refractivity contribution is 7.15. The van der Waals surface area contributed by atoms with Gasteiger partial charge in [0.2, 0.25) is 0 Å². The van der Waals surface area contributed by atoms with Crippen LogP contribution in [0, 0.1) is 0 Å². The van der Waals surface area contributed by atoms with Crippen molar-refractivity contribution in [2.24, 2.45) is 0 Å². The lowest BCUT2D eigenvalue weighted by Gasteiger charge is -2.16. The van der Waals surface area contributed by atoms with Crippen LogP contribution in [0.4, 0.5) is 0 Å². The number of hydrogen-bond donors (Lipinski definition) is 2. The lowest BCUT2D eigenvalue weighted by Crippen LogP contribution is -3.09. The summed E-state index contributed by atoms with van der Waals surface area (Å²) in [4.78, 5) is 38.2. The smallest absolute Gasteiger partial charge is 0.258 e. The molecule has 1 atom stereocenters. The fourth-order valence-electron chi connectivity index (χ4n) is 3.00. The molecule has 0 saturated carbocycles. The maximum Gasteiger partial charge on any atom is 0.258 e. The molecule has 0 radical (unpaired) electrons. The second kappa shape index (κ2) is 6.81. The summed E-state index contributed by atoms with van der Waals surface area (Å²) >= 11 is 1.44. The molecule has 0 bridgehead atoms. The Morgan fingerprint density at radius 2 is 2.04 bits per heavy atom. The summed E-state index contributed by atoms with van der Waals surface area (Å²) in [5.41, 5.74) is 1.24. The Bertz CT molecular complexity index is 1190. The van der Waals surface area contributed by atoms with Crippen molar-refractivity contribution in [3.8, 4) is 0 Å². The van der Waals surface area contributed by atoms with E-state index in [4.69, 9.17) is 0 Å². The number of quaternary nitrogens is 1. The van der Waals surface area contributed by atoms with Gasteiger partial charge in [-0.1, -0.05) is 12.1 Å². The summed E-state index contributed by atoms with van der Waals surface area (Å²) in [7, 11) is 0. The Labute approximate surface area is 152 Å². The van der Waals surface area contributed by atoms with E-state index in [1.807, 2.05) is 23.6 Å². The number of benzene rings is 1. The minimum atomic E-state index is -0.127. The van der Waals surface area contributed by atoms with Crippen LogP contribution in [0.15, 0.2) is 51.5 Å². The SMILES string of the molecule is CC[NH+](Cc1cc(=O)n2ccsc2n1)Cc1nc2ccccc2c(=O)[nH]1. The van der Waals surface area contributed by atoms with Crippen molar-refractivity contribution in [2.45, 2.75) is 20.0 Å². The third kappa shape index (κ3) is 3.16. The number of aromatic nitrogens is 4. The van der Waals surface area contributed by atoms with Crippen LogP contribution in [-0.4, -0.2) is 25.9 Å². The van der Waals surface area contributed by atoms with Crippen molar-refractivity contribution >= 4 is 27.2 Å². The molecule has 2 N–H and O–H groups in total. The van der Waals surface area contributed by atoms with Crippen LogP contribution >= 0.6 is 11.3 Å². The van der Waals surface area contributed by atoms with E-state index in [0.29, 0.717) is 34.8 Å². The second-order valence-corrected chi connectivity index (χ2v) is 7.00. The number of thiazole rings is 1. The molecule has 4 rings (SSSR count). The van der Waals surface area contributed by atoms with E-state index in [2.05, 4.69) is 21.9 Å². The Kier molecular flexibility index (Phi) is 4.36. The number of rotatable bonds is 5. The molecule has 0 fully saturated rings. The molecule has 7 nitrogen and oxygen atoms in total. The van der Waals surface area contributed by atoms with E-state index in [9.17, 15) is 9.59 Å². The zero-order chi connectivity index (χ0) is 18.1. The molecular weight excluding hydrogens is 350 g/mol. The number of hydrogen-bond acceptors (Lipinski definition) is 5. The van der Waals surface area contributed by atoms with Gasteiger partial charge in [0.1, 0.15) is 18.8 Å². The average molecular weight is 368 g/mol. The number of nitrogens with one attached hydrogen (secondary N) is 2. The number of fused-ring (bicyclic) bond motifs is 2. The van der Waals surface area contributed by atoms with E-state index in [0.717, 1.165) is 17.1 Å². The number of H-pyrrole nitrogens is 1. The Hall–Kier alpha value is -2.84. The molecule has 0 saturated heterocycles. The van der Waals surface area contributed by atoms with Gasteiger partial charge >= 0.3 is 0 Å². The van der Waals surface area contributed by atoms with Gasteiger partial charge in [0, 0.05) is 17.6 Å². The van der Waals surface area contributed by atoms with Crippen LogP contribution in [0.5, 0.6) is 0 Å². The van der Waals surface area contributed by atoms with Crippen molar-refractivity contribution in [3.05, 3.63) is 74.1 Å². The van der Waals surface area contributed by atoms with Gasteiger partial charge in [-0.05, 0) is 19.1 Å². The van der Waals surface area contributed by atoms with Crippen molar-refractivity contribution in [2.75, 3.05) is 6.54 Å². The summed E-state index contributed by atoms with van der Waals surface area (Å²) in [5.74, 6) is 0.638. The standard InChI is InChI=1S/C18H17N5O2S/c1-2-22(10-12-9-16(24)23-7-8-26-18(23)19-12)11-15-20-14-6-4-3-5-13(14)17(25)21-15/h3-9H,2,10-11H2,1H3,(H,20,21,25)/p+1. The zero-order valence-electron chi connectivity index (χ0n) is 14.2. The summed E-state index contributed by atoms with van der Waals surface area (Å²) in [6, 6.07) is 8.88. The van der Waals surface area contributed by atoms with E-state index in [1.54, 1.807) is 22.7 Å². The molecule has 132 valence electrons. The zero-order valence-corrected chi connectivity index (χ0v) is 15.0. The third-order valence-electron chi connectivity index (χ3n) is 4.37. The van der Waals surface area contributed by atoms with Gasteiger partial charge in [0.25, 0.3) is 11.1 Å². The lowest BCUT2D eigenvalue weighted by atomic mass is 10.2. The predicted molar refractivity (Wildman–Crippen MR) is 101 cm³/mol. The van der Waals surface area contributed by atoms with Crippen LogP contribution in [0.1, 0.15) is 18.4 Å². The monoisotopic (exact) mass is 368 g/mol. The molecule has 4 aromatic rings. The van der Waals surface area contributed by atoms with Crippen molar-refractivity contribution in [1.82, 2.24) is 19.4 Å². The molecule has 3 aromatic heterocycles.